The molecule has 3 heteroatoms. The number of furan rings is 1. The Bertz CT molecular complexity index is 2010. The van der Waals surface area contributed by atoms with E-state index in [2.05, 4.69) is 130 Å². The molecular formula is C40H41NOSi. The van der Waals surface area contributed by atoms with Crippen LogP contribution < -0.4 is 10.5 Å². The number of hydrogen-bond donors (Lipinski definition) is 1. The molecule has 0 amide bonds. The number of nitrogens with one attached hydrogen (secondary N) is 1. The molecule has 1 N–H and O–H groups in total. The van der Waals surface area contributed by atoms with Crippen molar-refractivity contribution in [2.75, 3.05) is 5.32 Å². The average molecular weight is 580 g/mol. The van der Waals surface area contributed by atoms with Crippen molar-refractivity contribution in [3.05, 3.63) is 119 Å². The van der Waals surface area contributed by atoms with Gasteiger partial charge in [0.15, 0.2) is 0 Å². The maximum absolute atomic E-state index is 6.87. The van der Waals surface area contributed by atoms with Crippen molar-refractivity contribution in [1.82, 2.24) is 0 Å². The number of anilines is 1. The molecule has 216 valence electrons. The molecule has 2 atom stereocenters. The van der Waals surface area contributed by atoms with Crippen molar-refractivity contribution < 1.29 is 4.42 Å². The summed E-state index contributed by atoms with van der Waals surface area (Å²) in [6.07, 6.45) is 4.20. The molecule has 43 heavy (non-hydrogen) atoms. The van der Waals surface area contributed by atoms with E-state index in [-0.39, 0.29) is 17.4 Å². The van der Waals surface area contributed by atoms with Crippen LogP contribution in [0.25, 0.3) is 32.7 Å². The lowest BCUT2D eigenvalue weighted by atomic mass is 9.75. The van der Waals surface area contributed by atoms with Gasteiger partial charge in [-0.25, -0.2) is 0 Å². The zero-order valence-corrected chi connectivity index (χ0v) is 26.8. The highest BCUT2D eigenvalue weighted by atomic mass is 28.3. The Labute approximate surface area is 256 Å². The van der Waals surface area contributed by atoms with Gasteiger partial charge in [-0.3, -0.25) is 0 Å². The Morgan fingerprint density at radius 1 is 0.674 bits per heavy atom. The Kier molecular flexibility index (Phi) is 6.14. The molecule has 8 rings (SSSR count). The van der Waals surface area contributed by atoms with Gasteiger partial charge >= 0.3 is 0 Å². The summed E-state index contributed by atoms with van der Waals surface area (Å²) in [4.78, 5) is 0. The molecule has 0 bridgehead atoms. The third kappa shape index (κ3) is 4.27. The summed E-state index contributed by atoms with van der Waals surface area (Å²) in [5, 5.41) is 10.4. The first kappa shape index (κ1) is 26.8. The molecule has 1 fully saturated rings. The van der Waals surface area contributed by atoms with Crippen molar-refractivity contribution in [2.24, 2.45) is 0 Å². The Hall–Kier alpha value is -3.82. The number of benzene rings is 5. The van der Waals surface area contributed by atoms with Crippen LogP contribution in [0.3, 0.4) is 0 Å². The highest BCUT2D eigenvalue weighted by Crippen LogP contribution is 2.52. The predicted octanol–water partition coefficient (Wildman–Crippen LogP) is 10.8. The number of fused-ring (bicyclic) bond motifs is 6. The first-order valence-electron chi connectivity index (χ1n) is 16.2. The minimum atomic E-state index is -1.45. The smallest absolute Gasteiger partial charge is 0.143 e. The molecule has 1 saturated heterocycles. The van der Waals surface area contributed by atoms with E-state index in [1.165, 1.54) is 80.8 Å². The summed E-state index contributed by atoms with van der Waals surface area (Å²) in [5.74, 6) is 0.191. The maximum atomic E-state index is 6.87. The summed E-state index contributed by atoms with van der Waals surface area (Å²) in [7, 11) is -1.45. The molecule has 0 aliphatic carbocycles. The standard InChI is InChI=1S/C40H41NOSi/c1-40(2,3)34-25-27(43(4)23-10-5-11-24-43)20-22-31(34)36-32-15-8-9-18-35(32)41-37(36)33-17-12-16-29-30-21-19-26-13-6-7-14-28(26)38(30)42-39(29)33/h6-9,12-22,25,36-37,41H,5,10-11,23-24H2,1-4H3. The zero-order chi connectivity index (χ0) is 29.3. The van der Waals surface area contributed by atoms with Gasteiger partial charge in [-0.05, 0) is 39.6 Å². The third-order valence-electron chi connectivity index (χ3n) is 10.5. The van der Waals surface area contributed by atoms with E-state index in [0.717, 1.165) is 11.2 Å². The Morgan fingerprint density at radius 3 is 2.23 bits per heavy atom. The fourth-order valence-corrected chi connectivity index (χ4v) is 12.1. The van der Waals surface area contributed by atoms with Crippen molar-refractivity contribution in [2.45, 2.75) is 76.0 Å². The van der Waals surface area contributed by atoms with Crippen LogP contribution in [0.1, 0.15) is 74.2 Å². The van der Waals surface area contributed by atoms with Crippen molar-refractivity contribution >= 4 is 51.7 Å². The van der Waals surface area contributed by atoms with Crippen molar-refractivity contribution in [3.8, 4) is 0 Å². The molecule has 3 heterocycles. The number of rotatable bonds is 3. The Balaban J connectivity index is 1.33. The van der Waals surface area contributed by atoms with Gasteiger partial charge in [-0.2, -0.15) is 0 Å². The summed E-state index contributed by atoms with van der Waals surface area (Å²) in [6.45, 7) is 9.83. The zero-order valence-electron chi connectivity index (χ0n) is 25.8. The van der Waals surface area contributed by atoms with Crippen LogP contribution in [-0.4, -0.2) is 8.07 Å². The molecule has 6 aromatic rings. The highest BCUT2D eigenvalue weighted by Gasteiger charge is 2.40. The largest absolute Gasteiger partial charge is 0.455 e. The van der Waals surface area contributed by atoms with Gasteiger partial charge in [0.1, 0.15) is 11.2 Å². The van der Waals surface area contributed by atoms with Gasteiger partial charge in [0.05, 0.1) is 14.1 Å². The van der Waals surface area contributed by atoms with Gasteiger partial charge in [-0.1, -0.05) is 149 Å². The minimum absolute atomic E-state index is 0.0388. The van der Waals surface area contributed by atoms with Gasteiger partial charge < -0.3 is 9.73 Å². The van der Waals surface area contributed by atoms with Crippen LogP contribution in [0.15, 0.2) is 101 Å². The SMILES string of the molecule is CC(C)(C)c1cc([Si]2(C)CCCCC2)ccc1C1c2ccccc2NC1c1cccc2c1oc1c3ccccc3ccc21. The first-order valence-corrected chi connectivity index (χ1v) is 19.1. The topological polar surface area (TPSA) is 25.2 Å². The second kappa shape index (κ2) is 9.85. The van der Waals surface area contributed by atoms with Gasteiger partial charge in [0.2, 0.25) is 0 Å². The molecular weight excluding hydrogens is 539 g/mol. The van der Waals surface area contributed by atoms with E-state index < -0.39 is 8.07 Å². The second-order valence-corrected chi connectivity index (χ2v) is 19.0. The normalized spacial score (nSPS) is 20.0. The summed E-state index contributed by atoms with van der Waals surface area (Å²) in [5.41, 5.74) is 8.82. The van der Waals surface area contributed by atoms with Gasteiger partial charge in [-0.15, -0.1) is 0 Å². The fourth-order valence-electron chi connectivity index (χ4n) is 8.20. The molecule has 2 aliphatic heterocycles. The molecule has 2 aliphatic rings. The van der Waals surface area contributed by atoms with Crippen molar-refractivity contribution in [3.63, 3.8) is 0 Å². The van der Waals surface area contributed by atoms with Crippen LogP contribution in [0.2, 0.25) is 18.6 Å². The molecule has 5 aromatic carbocycles. The quantitative estimate of drug-likeness (QED) is 0.211. The molecule has 0 spiro atoms. The number of hydrogen-bond acceptors (Lipinski definition) is 2. The highest BCUT2D eigenvalue weighted by molar-refractivity contribution is 6.91. The maximum Gasteiger partial charge on any atom is 0.143 e. The fraction of sp³-hybridized carbons (Fsp3) is 0.300. The van der Waals surface area contributed by atoms with E-state index in [9.17, 15) is 0 Å². The summed E-state index contributed by atoms with van der Waals surface area (Å²) >= 11 is 0. The van der Waals surface area contributed by atoms with Crippen molar-refractivity contribution in [1.29, 1.82) is 0 Å². The van der Waals surface area contributed by atoms with Crippen LogP contribution in [0.4, 0.5) is 5.69 Å². The molecule has 2 nitrogen and oxygen atoms in total. The predicted molar refractivity (Wildman–Crippen MR) is 186 cm³/mol. The van der Waals surface area contributed by atoms with Crippen LogP contribution in [-0.2, 0) is 5.41 Å². The van der Waals surface area contributed by atoms with E-state index in [4.69, 9.17) is 4.42 Å². The molecule has 0 radical (unpaired) electrons. The van der Waals surface area contributed by atoms with Gasteiger partial charge in [0.25, 0.3) is 0 Å². The van der Waals surface area contributed by atoms with E-state index >= 15 is 0 Å². The molecule has 2 unspecified atom stereocenters. The van der Waals surface area contributed by atoms with E-state index in [1.807, 2.05) is 0 Å². The average Bonchev–Trinajstić information content (AvgIpc) is 3.60. The monoisotopic (exact) mass is 579 g/mol. The Morgan fingerprint density at radius 2 is 1.40 bits per heavy atom. The number of para-hydroxylation sites is 2. The van der Waals surface area contributed by atoms with Crippen LogP contribution in [0, 0.1) is 0 Å². The third-order valence-corrected chi connectivity index (χ3v) is 15.2. The lowest BCUT2D eigenvalue weighted by Crippen LogP contribution is -2.46. The lowest BCUT2D eigenvalue weighted by molar-refractivity contribution is 0.570. The summed E-state index contributed by atoms with van der Waals surface area (Å²) in [6, 6.07) is 39.3. The lowest BCUT2D eigenvalue weighted by Gasteiger charge is -2.35. The van der Waals surface area contributed by atoms with Crippen LogP contribution >= 0.6 is 0 Å². The van der Waals surface area contributed by atoms with Crippen LogP contribution in [0.5, 0.6) is 0 Å². The minimum Gasteiger partial charge on any atom is -0.455 e. The second-order valence-electron chi connectivity index (χ2n) is 14.3. The van der Waals surface area contributed by atoms with Gasteiger partial charge in [0, 0.05) is 33.3 Å². The molecule has 1 aromatic heterocycles. The first-order chi connectivity index (χ1) is 20.8. The molecule has 0 saturated carbocycles. The summed E-state index contributed by atoms with van der Waals surface area (Å²) < 4.78 is 6.87. The van der Waals surface area contributed by atoms with E-state index in [0.29, 0.717) is 0 Å². The van der Waals surface area contributed by atoms with E-state index in [1.54, 1.807) is 5.19 Å².